The first kappa shape index (κ1) is 21.1. The van der Waals surface area contributed by atoms with Crippen LogP contribution in [0.5, 0.6) is 5.75 Å². The van der Waals surface area contributed by atoms with E-state index in [-0.39, 0.29) is 11.8 Å². The van der Waals surface area contributed by atoms with Crippen molar-refractivity contribution in [1.82, 2.24) is 0 Å². The van der Waals surface area contributed by atoms with Gasteiger partial charge < -0.3 is 15.4 Å². The molecule has 3 rings (SSSR count). The van der Waals surface area contributed by atoms with E-state index in [2.05, 4.69) is 10.6 Å². The number of anilines is 2. The molecule has 30 heavy (non-hydrogen) atoms. The number of ether oxygens (including phenoxy) is 1. The van der Waals surface area contributed by atoms with E-state index in [1.807, 2.05) is 63.2 Å². The number of hydrogen-bond acceptors (Lipinski definition) is 3. The molecule has 0 aliphatic rings. The molecule has 0 unspecified atom stereocenters. The van der Waals surface area contributed by atoms with Crippen molar-refractivity contribution in [3.63, 3.8) is 0 Å². The van der Waals surface area contributed by atoms with Gasteiger partial charge in [-0.3, -0.25) is 9.59 Å². The van der Waals surface area contributed by atoms with Gasteiger partial charge in [0.1, 0.15) is 5.75 Å². The van der Waals surface area contributed by atoms with Crippen molar-refractivity contribution in [3.8, 4) is 5.75 Å². The molecule has 2 N–H and O–H groups in total. The van der Waals surface area contributed by atoms with Gasteiger partial charge in [0.15, 0.2) is 6.10 Å². The normalized spacial score (nSPS) is 11.5. The molecule has 1 atom stereocenters. The Morgan fingerprint density at radius 3 is 2.10 bits per heavy atom. The van der Waals surface area contributed by atoms with E-state index in [9.17, 15) is 9.59 Å². The van der Waals surface area contributed by atoms with E-state index in [1.54, 1.807) is 31.2 Å². The number of amides is 2. The lowest BCUT2D eigenvalue weighted by atomic mass is 10.1. The SMILES string of the molecule is Cc1ccccc1NC(=O)[C@H](C)Oc1ccc(C(=O)Nc2cccc(C)c2C)cc1. The molecule has 0 spiro atoms. The van der Waals surface area contributed by atoms with Crippen LogP contribution in [0.3, 0.4) is 0 Å². The van der Waals surface area contributed by atoms with Crippen LogP contribution in [-0.2, 0) is 4.79 Å². The molecule has 154 valence electrons. The molecular formula is C25H26N2O3. The lowest BCUT2D eigenvalue weighted by Crippen LogP contribution is -2.30. The van der Waals surface area contributed by atoms with Gasteiger partial charge in [0.25, 0.3) is 11.8 Å². The van der Waals surface area contributed by atoms with Gasteiger partial charge in [-0.05, 0) is 80.8 Å². The van der Waals surface area contributed by atoms with Gasteiger partial charge in [0, 0.05) is 16.9 Å². The van der Waals surface area contributed by atoms with E-state index in [1.165, 1.54) is 0 Å². The molecule has 5 nitrogen and oxygen atoms in total. The zero-order chi connectivity index (χ0) is 21.7. The van der Waals surface area contributed by atoms with Crippen LogP contribution in [0.2, 0.25) is 0 Å². The minimum atomic E-state index is -0.681. The second-order valence-corrected chi connectivity index (χ2v) is 7.29. The van der Waals surface area contributed by atoms with E-state index >= 15 is 0 Å². The van der Waals surface area contributed by atoms with Crippen LogP contribution in [0.4, 0.5) is 11.4 Å². The highest BCUT2D eigenvalue weighted by molar-refractivity contribution is 6.04. The van der Waals surface area contributed by atoms with E-state index < -0.39 is 6.10 Å². The van der Waals surface area contributed by atoms with Crippen molar-refractivity contribution in [3.05, 3.63) is 89.0 Å². The van der Waals surface area contributed by atoms with Crippen LogP contribution in [0, 0.1) is 20.8 Å². The van der Waals surface area contributed by atoms with Crippen molar-refractivity contribution < 1.29 is 14.3 Å². The van der Waals surface area contributed by atoms with Gasteiger partial charge in [-0.15, -0.1) is 0 Å². The topological polar surface area (TPSA) is 67.4 Å². The van der Waals surface area contributed by atoms with Gasteiger partial charge in [-0.1, -0.05) is 30.3 Å². The van der Waals surface area contributed by atoms with Gasteiger partial charge in [-0.25, -0.2) is 0 Å². The lowest BCUT2D eigenvalue weighted by molar-refractivity contribution is -0.122. The first-order chi connectivity index (χ1) is 14.3. The minimum absolute atomic E-state index is 0.194. The zero-order valence-corrected chi connectivity index (χ0v) is 17.7. The summed E-state index contributed by atoms with van der Waals surface area (Å²) in [7, 11) is 0. The van der Waals surface area contributed by atoms with Crippen LogP contribution in [0.25, 0.3) is 0 Å². The zero-order valence-electron chi connectivity index (χ0n) is 17.7. The molecule has 0 fully saturated rings. The molecule has 0 aliphatic heterocycles. The van der Waals surface area contributed by atoms with Crippen LogP contribution in [0.15, 0.2) is 66.7 Å². The minimum Gasteiger partial charge on any atom is -0.481 e. The van der Waals surface area contributed by atoms with Gasteiger partial charge in [0.05, 0.1) is 0 Å². The summed E-state index contributed by atoms with van der Waals surface area (Å²) in [5, 5.41) is 5.80. The van der Waals surface area contributed by atoms with Crippen LogP contribution in [-0.4, -0.2) is 17.9 Å². The Labute approximate surface area is 177 Å². The fraction of sp³-hybridized carbons (Fsp3) is 0.200. The quantitative estimate of drug-likeness (QED) is 0.590. The molecule has 0 radical (unpaired) electrons. The number of hydrogen-bond donors (Lipinski definition) is 2. The van der Waals surface area contributed by atoms with Crippen molar-refractivity contribution >= 4 is 23.2 Å². The number of carbonyl (C=O) groups is 2. The number of para-hydroxylation sites is 1. The van der Waals surface area contributed by atoms with E-state index in [4.69, 9.17) is 4.74 Å². The number of nitrogens with one attached hydrogen (secondary N) is 2. The summed E-state index contributed by atoms with van der Waals surface area (Å²) >= 11 is 0. The number of carbonyl (C=O) groups excluding carboxylic acids is 2. The maximum Gasteiger partial charge on any atom is 0.265 e. The molecule has 0 saturated carbocycles. The Bertz CT molecular complexity index is 1060. The van der Waals surface area contributed by atoms with E-state index in [0.717, 1.165) is 28.1 Å². The molecule has 3 aromatic carbocycles. The second kappa shape index (κ2) is 9.27. The van der Waals surface area contributed by atoms with Gasteiger partial charge in [-0.2, -0.15) is 0 Å². The number of aryl methyl sites for hydroxylation is 2. The summed E-state index contributed by atoms with van der Waals surface area (Å²) in [6.45, 7) is 7.61. The Morgan fingerprint density at radius 1 is 0.767 bits per heavy atom. The van der Waals surface area contributed by atoms with Crippen LogP contribution < -0.4 is 15.4 Å². The first-order valence-electron chi connectivity index (χ1n) is 9.86. The molecule has 0 heterocycles. The molecule has 0 aromatic heterocycles. The highest BCUT2D eigenvalue weighted by atomic mass is 16.5. The fourth-order valence-corrected chi connectivity index (χ4v) is 2.97. The molecule has 0 bridgehead atoms. The second-order valence-electron chi connectivity index (χ2n) is 7.29. The Morgan fingerprint density at radius 2 is 1.40 bits per heavy atom. The summed E-state index contributed by atoms with van der Waals surface area (Å²) in [6, 6.07) is 20.1. The molecule has 3 aromatic rings. The third-order valence-electron chi connectivity index (χ3n) is 5.05. The predicted octanol–water partition coefficient (Wildman–Crippen LogP) is 5.27. The highest BCUT2D eigenvalue weighted by Gasteiger charge is 2.16. The maximum atomic E-state index is 12.5. The molecule has 0 aliphatic carbocycles. The highest BCUT2D eigenvalue weighted by Crippen LogP contribution is 2.20. The number of rotatable bonds is 6. The molecule has 0 saturated heterocycles. The monoisotopic (exact) mass is 402 g/mol. The first-order valence-corrected chi connectivity index (χ1v) is 9.86. The van der Waals surface area contributed by atoms with E-state index in [0.29, 0.717) is 11.3 Å². The third-order valence-corrected chi connectivity index (χ3v) is 5.05. The van der Waals surface area contributed by atoms with Crippen LogP contribution in [0.1, 0.15) is 34.0 Å². The van der Waals surface area contributed by atoms with Crippen molar-refractivity contribution in [2.45, 2.75) is 33.8 Å². The number of benzene rings is 3. The predicted molar refractivity (Wildman–Crippen MR) is 120 cm³/mol. The summed E-state index contributed by atoms with van der Waals surface area (Å²) in [6.07, 6.45) is -0.681. The van der Waals surface area contributed by atoms with Crippen molar-refractivity contribution in [1.29, 1.82) is 0 Å². The van der Waals surface area contributed by atoms with Gasteiger partial charge >= 0.3 is 0 Å². The summed E-state index contributed by atoms with van der Waals surface area (Å²) in [5.41, 5.74) is 5.21. The smallest absolute Gasteiger partial charge is 0.265 e. The van der Waals surface area contributed by atoms with Gasteiger partial charge in [0.2, 0.25) is 0 Å². The van der Waals surface area contributed by atoms with Crippen molar-refractivity contribution in [2.75, 3.05) is 10.6 Å². The average molecular weight is 402 g/mol. The Kier molecular flexibility index (Phi) is 6.52. The molecular weight excluding hydrogens is 376 g/mol. The average Bonchev–Trinajstić information content (AvgIpc) is 2.73. The summed E-state index contributed by atoms with van der Waals surface area (Å²) in [5.74, 6) is 0.0901. The molecule has 5 heteroatoms. The maximum absolute atomic E-state index is 12.5. The summed E-state index contributed by atoms with van der Waals surface area (Å²) in [4.78, 5) is 24.9. The van der Waals surface area contributed by atoms with Crippen LogP contribution >= 0.6 is 0 Å². The van der Waals surface area contributed by atoms with Crippen molar-refractivity contribution in [2.24, 2.45) is 0 Å². The summed E-state index contributed by atoms with van der Waals surface area (Å²) < 4.78 is 5.73. The third kappa shape index (κ3) is 5.06. The Hall–Kier alpha value is -3.60. The lowest BCUT2D eigenvalue weighted by Gasteiger charge is -2.16. The largest absolute Gasteiger partial charge is 0.481 e. The Balaban J connectivity index is 1.61. The fourth-order valence-electron chi connectivity index (χ4n) is 2.97. The molecule has 2 amide bonds. The standard InChI is InChI=1S/C25H26N2O3/c1-16-9-7-11-23(18(16)3)27-25(29)20-12-14-21(15-13-20)30-19(4)24(28)26-22-10-6-5-8-17(22)2/h5-15,19H,1-4H3,(H,26,28)(H,27,29)/t19-/m0/s1.